The Balaban J connectivity index is 1.27. The Morgan fingerprint density at radius 2 is 1.82 bits per heavy atom. The number of benzene rings is 3. The molecule has 34 heavy (non-hydrogen) atoms. The number of ether oxygens (including phenoxy) is 2. The van der Waals surface area contributed by atoms with Gasteiger partial charge in [0.1, 0.15) is 30.4 Å². The maximum Gasteiger partial charge on any atom is 0.267 e. The Kier molecular flexibility index (Phi) is 5.77. The van der Waals surface area contributed by atoms with Crippen LogP contribution in [0.25, 0.3) is 10.8 Å². The Morgan fingerprint density at radius 3 is 2.59 bits per heavy atom. The number of rotatable bonds is 6. The first-order chi connectivity index (χ1) is 16.6. The minimum absolute atomic E-state index is 0.0375. The number of methoxy groups -OCH3 is 2. The summed E-state index contributed by atoms with van der Waals surface area (Å²) >= 11 is 0. The summed E-state index contributed by atoms with van der Waals surface area (Å²) in [6.07, 6.45) is 2.14. The van der Waals surface area contributed by atoms with Gasteiger partial charge in [0.25, 0.3) is 5.91 Å². The van der Waals surface area contributed by atoms with Crippen molar-refractivity contribution in [2.45, 2.75) is 18.5 Å². The normalized spacial score (nSPS) is 19.3. The van der Waals surface area contributed by atoms with Crippen molar-refractivity contribution >= 4 is 34.6 Å². The van der Waals surface area contributed by atoms with Gasteiger partial charge in [-0.25, -0.2) is 10.4 Å². The predicted octanol–water partition coefficient (Wildman–Crippen LogP) is 2.90. The smallest absolute Gasteiger partial charge is 0.267 e. The fraction of sp³-hybridized carbons (Fsp3) is 0.240. The van der Waals surface area contributed by atoms with E-state index in [0.29, 0.717) is 23.6 Å². The molecule has 2 heterocycles. The van der Waals surface area contributed by atoms with Gasteiger partial charge in [-0.15, -0.1) is 0 Å². The largest absolute Gasteiger partial charge is 0.497 e. The monoisotopic (exact) mass is 459 g/mol. The molecule has 1 fully saturated rings. The number of carbonyl (C=O) groups excluding carboxylic acids is 2. The second-order valence-corrected chi connectivity index (χ2v) is 8.19. The Bertz CT molecular complexity index is 1250. The summed E-state index contributed by atoms with van der Waals surface area (Å²) in [5.74, 6) is 0.504. The molecule has 9 nitrogen and oxygen atoms in total. The minimum Gasteiger partial charge on any atom is -0.497 e. The van der Waals surface area contributed by atoms with Gasteiger partial charge < -0.3 is 14.8 Å². The predicted molar refractivity (Wildman–Crippen MR) is 128 cm³/mol. The van der Waals surface area contributed by atoms with Crippen LogP contribution in [-0.2, 0) is 9.59 Å². The molecule has 2 aliphatic rings. The van der Waals surface area contributed by atoms with E-state index in [4.69, 9.17) is 9.47 Å². The molecule has 0 saturated carbocycles. The summed E-state index contributed by atoms with van der Waals surface area (Å²) in [5, 5.41) is 12.2. The number of nitrogens with one attached hydrogen (secondary N) is 2. The van der Waals surface area contributed by atoms with Crippen molar-refractivity contribution in [2.75, 3.05) is 26.1 Å². The number of nitrogens with zero attached hydrogens (tertiary/aromatic N) is 3. The molecular formula is C25H25N5O4. The first-order valence-corrected chi connectivity index (χ1v) is 11.0. The molecule has 2 aliphatic heterocycles. The summed E-state index contributed by atoms with van der Waals surface area (Å²) in [6.45, 7) is -0.196. The number of hydrazine groups is 1. The zero-order valence-corrected chi connectivity index (χ0v) is 18.9. The summed E-state index contributed by atoms with van der Waals surface area (Å²) in [4.78, 5) is 25.8. The van der Waals surface area contributed by atoms with Crippen LogP contribution in [0.5, 0.6) is 11.5 Å². The highest BCUT2D eigenvalue weighted by atomic mass is 16.5. The topological polar surface area (TPSA) is 95.5 Å². The molecule has 9 heteroatoms. The standard InChI is InChI=1S/C25H25N5O4/c1-33-18-10-17(11-19(12-18)34-2)27-24(31)14-29-25(32)23-13-22(28-30(23)15-26-29)21-9-5-7-16-6-3-4-8-20(16)21/h3-12,15,22-23,28H,13-14H2,1-2H3,(H,27,31). The molecule has 2 unspecified atom stereocenters. The molecule has 0 radical (unpaired) electrons. The summed E-state index contributed by atoms with van der Waals surface area (Å²) < 4.78 is 10.5. The molecule has 174 valence electrons. The Hall–Kier alpha value is -4.11. The van der Waals surface area contributed by atoms with Crippen molar-refractivity contribution in [2.24, 2.45) is 5.10 Å². The zero-order valence-electron chi connectivity index (χ0n) is 18.9. The lowest BCUT2D eigenvalue weighted by molar-refractivity contribution is -0.139. The van der Waals surface area contributed by atoms with E-state index < -0.39 is 6.04 Å². The first kappa shape index (κ1) is 21.7. The molecule has 3 aromatic rings. The van der Waals surface area contributed by atoms with E-state index in [9.17, 15) is 9.59 Å². The number of carbonyl (C=O) groups is 2. The van der Waals surface area contributed by atoms with Crippen LogP contribution in [0.15, 0.2) is 65.8 Å². The van der Waals surface area contributed by atoms with Crippen molar-refractivity contribution in [1.29, 1.82) is 0 Å². The number of hydrogen-bond acceptors (Lipinski definition) is 7. The van der Waals surface area contributed by atoms with Crippen LogP contribution < -0.4 is 20.2 Å². The van der Waals surface area contributed by atoms with Gasteiger partial charge in [0.05, 0.1) is 20.3 Å². The molecule has 0 aliphatic carbocycles. The molecule has 2 amide bonds. The number of amides is 2. The van der Waals surface area contributed by atoms with Crippen molar-refractivity contribution in [3.8, 4) is 11.5 Å². The second kappa shape index (κ2) is 9.03. The average Bonchev–Trinajstić information content (AvgIpc) is 3.30. The third kappa shape index (κ3) is 4.13. The molecular weight excluding hydrogens is 434 g/mol. The lowest BCUT2D eigenvalue weighted by atomic mass is 9.96. The first-order valence-electron chi connectivity index (χ1n) is 11.0. The molecule has 5 rings (SSSR count). The number of fused-ring (bicyclic) bond motifs is 2. The highest BCUT2D eigenvalue weighted by Gasteiger charge is 2.41. The molecule has 1 saturated heterocycles. The van der Waals surface area contributed by atoms with E-state index in [1.54, 1.807) is 29.5 Å². The number of hydrazone groups is 1. The Morgan fingerprint density at radius 1 is 1.09 bits per heavy atom. The summed E-state index contributed by atoms with van der Waals surface area (Å²) in [6, 6.07) is 19.0. The fourth-order valence-corrected chi connectivity index (χ4v) is 4.43. The lowest BCUT2D eigenvalue weighted by Crippen LogP contribution is -2.52. The van der Waals surface area contributed by atoms with E-state index in [1.165, 1.54) is 19.2 Å². The van der Waals surface area contributed by atoms with Crippen LogP contribution in [0, 0.1) is 0 Å². The summed E-state index contributed by atoms with van der Waals surface area (Å²) in [7, 11) is 3.07. The molecule has 0 spiro atoms. The highest BCUT2D eigenvalue weighted by molar-refractivity contribution is 5.97. The van der Waals surface area contributed by atoms with Crippen LogP contribution in [0.3, 0.4) is 0 Å². The van der Waals surface area contributed by atoms with E-state index in [1.807, 2.05) is 18.2 Å². The van der Waals surface area contributed by atoms with Gasteiger partial charge in [-0.1, -0.05) is 42.5 Å². The molecule has 2 atom stereocenters. The maximum atomic E-state index is 13.1. The van der Waals surface area contributed by atoms with Crippen LogP contribution in [-0.4, -0.2) is 55.0 Å². The van der Waals surface area contributed by atoms with Crippen molar-refractivity contribution in [3.05, 3.63) is 66.2 Å². The van der Waals surface area contributed by atoms with Crippen LogP contribution in [0.1, 0.15) is 18.0 Å². The summed E-state index contributed by atoms with van der Waals surface area (Å²) in [5.41, 5.74) is 5.02. The maximum absolute atomic E-state index is 13.1. The van der Waals surface area contributed by atoms with Crippen molar-refractivity contribution in [1.82, 2.24) is 15.4 Å². The van der Waals surface area contributed by atoms with Gasteiger partial charge >= 0.3 is 0 Å². The lowest BCUT2D eigenvalue weighted by Gasteiger charge is -2.29. The molecule has 0 aromatic heterocycles. The third-order valence-electron chi connectivity index (χ3n) is 6.08. The minimum atomic E-state index is -0.439. The van der Waals surface area contributed by atoms with Crippen LogP contribution in [0.2, 0.25) is 0 Å². The van der Waals surface area contributed by atoms with Gasteiger partial charge in [-0.05, 0) is 22.8 Å². The molecule has 2 N–H and O–H groups in total. The quantitative estimate of drug-likeness (QED) is 0.589. The van der Waals surface area contributed by atoms with Gasteiger partial charge in [-0.3, -0.25) is 14.6 Å². The average molecular weight is 460 g/mol. The zero-order chi connectivity index (χ0) is 23.7. The fourth-order valence-electron chi connectivity index (χ4n) is 4.43. The number of anilines is 1. The van der Waals surface area contributed by atoms with Crippen molar-refractivity contribution in [3.63, 3.8) is 0 Å². The van der Waals surface area contributed by atoms with E-state index in [-0.39, 0.29) is 24.4 Å². The van der Waals surface area contributed by atoms with Gasteiger partial charge in [-0.2, -0.15) is 5.10 Å². The molecule has 3 aromatic carbocycles. The van der Waals surface area contributed by atoms with Crippen LogP contribution in [0.4, 0.5) is 5.69 Å². The third-order valence-corrected chi connectivity index (χ3v) is 6.08. The van der Waals surface area contributed by atoms with Gasteiger partial charge in [0, 0.05) is 23.9 Å². The van der Waals surface area contributed by atoms with E-state index in [2.05, 4.69) is 40.1 Å². The van der Waals surface area contributed by atoms with Crippen LogP contribution >= 0.6 is 0 Å². The van der Waals surface area contributed by atoms with E-state index >= 15 is 0 Å². The highest BCUT2D eigenvalue weighted by Crippen LogP contribution is 2.33. The molecule has 0 bridgehead atoms. The van der Waals surface area contributed by atoms with E-state index in [0.717, 1.165) is 16.3 Å². The van der Waals surface area contributed by atoms with Crippen molar-refractivity contribution < 1.29 is 19.1 Å². The number of hydrogen-bond donors (Lipinski definition) is 2. The second-order valence-electron chi connectivity index (χ2n) is 8.19. The van der Waals surface area contributed by atoms with Gasteiger partial charge in [0.2, 0.25) is 5.91 Å². The SMILES string of the molecule is COc1cc(NC(=O)CN2N=CN3NC(c4cccc5ccccc45)CC3C2=O)cc(OC)c1. The Labute approximate surface area is 196 Å². The van der Waals surface area contributed by atoms with Gasteiger partial charge in [0.15, 0.2) is 0 Å².